The lowest BCUT2D eigenvalue weighted by atomic mass is 9.65. The molecular formula is C18H22FN3O4S. The number of amides is 2. The Morgan fingerprint density at radius 1 is 1.22 bits per heavy atom. The largest absolute Gasteiger partial charge is 0.346 e. The quantitative estimate of drug-likeness (QED) is 0.765. The maximum atomic E-state index is 14.4. The fraction of sp³-hybridized carbons (Fsp3) is 0.556. The highest BCUT2D eigenvalue weighted by molar-refractivity contribution is 7.89. The predicted octanol–water partition coefficient (Wildman–Crippen LogP) is 0.746. The Balaban J connectivity index is 1.43. The zero-order valence-corrected chi connectivity index (χ0v) is 15.7. The summed E-state index contributed by atoms with van der Waals surface area (Å²) in [4.78, 5) is 26.3. The van der Waals surface area contributed by atoms with E-state index in [0.29, 0.717) is 30.8 Å². The minimum atomic E-state index is -3.23. The summed E-state index contributed by atoms with van der Waals surface area (Å²) in [5, 5.41) is 2.50. The van der Waals surface area contributed by atoms with Gasteiger partial charge in [-0.1, -0.05) is 12.5 Å². The Morgan fingerprint density at radius 2 is 2.00 bits per heavy atom. The van der Waals surface area contributed by atoms with Crippen molar-refractivity contribution in [1.29, 1.82) is 0 Å². The van der Waals surface area contributed by atoms with Crippen molar-refractivity contribution in [3.63, 3.8) is 0 Å². The Labute approximate surface area is 157 Å². The van der Waals surface area contributed by atoms with Gasteiger partial charge in [0.05, 0.1) is 11.4 Å². The number of hydrogen-bond donors (Lipinski definition) is 1. The zero-order valence-electron chi connectivity index (χ0n) is 14.9. The number of nitrogens with one attached hydrogen (secondary N) is 1. The SMILES string of the molecule is O=C(NCCN1CCCS1(=O)=O)C(=O)N1CC2(CCC2)c2c(F)cccc21. The van der Waals surface area contributed by atoms with E-state index in [2.05, 4.69) is 5.32 Å². The highest BCUT2D eigenvalue weighted by Crippen LogP contribution is 2.53. The average molecular weight is 395 g/mol. The molecule has 1 aliphatic carbocycles. The van der Waals surface area contributed by atoms with Gasteiger partial charge in [0.25, 0.3) is 0 Å². The van der Waals surface area contributed by atoms with Gasteiger partial charge in [0.1, 0.15) is 5.82 Å². The molecule has 3 aliphatic rings. The molecule has 27 heavy (non-hydrogen) atoms. The Morgan fingerprint density at radius 3 is 2.63 bits per heavy atom. The second-order valence-corrected chi connectivity index (χ2v) is 9.57. The van der Waals surface area contributed by atoms with Crippen LogP contribution in [0.5, 0.6) is 0 Å². The van der Waals surface area contributed by atoms with Crippen LogP contribution in [0.3, 0.4) is 0 Å². The van der Waals surface area contributed by atoms with E-state index in [1.165, 1.54) is 15.3 Å². The van der Waals surface area contributed by atoms with E-state index in [1.807, 2.05) is 0 Å². The van der Waals surface area contributed by atoms with Crippen LogP contribution in [0.15, 0.2) is 18.2 Å². The fourth-order valence-electron chi connectivity index (χ4n) is 4.36. The van der Waals surface area contributed by atoms with E-state index in [9.17, 15) is 22.4 Å². The molecular weight excluding hydrogens is 373 g/mol. The van der Waals surface area contributed by atoms with E-state index >= 15 is 0 Å². The molecule has 1 spiro atoms. The smallest absolute Gasteiger partial charge is 0.316 e. The molecule has 1 aromatic rings. The van der Waals surface area contributed by atoms with Gasteiger partial charge in [0.2, 0.25) is 10.0 Å². The second kappa shape index (κ2) is 6.56. The van der Waals surface area contributed by atoms with Crippen molar-refractivity contribution in [2.24, 2.45) is 0 Å². The molecule has 9 heteroatoms. The molecule has 0 atom stereocenters. The number of sulfonamides is 1. The van der Waals surface area contributed by atoms with Crippen molar-refractivity contribution >= 4 is 27.5 Å². The summed E-state index contributed by atoms with van der Waals surface area (Å²) < 4.78 is 39.2. The molecule has 2 heterocycles. The lowest BCUT2D eigenvalue weighted by Gasteiger charge is -2.38. The normalized spacial score (nSPS) is 22.5. The number of rotatable bonds is 3. The van der Waals surface area contributed by atoms with Gasteiger partial charge >= 0.3 is 11.8 Å². The standard InChI is InChI=1S/C18H22FN3O4S/c19-13-4-1-5-14-15(13)18(6-2-7-18)12-22(14)17(24)16(23)20-8-10-21-9-3-11-27(21,25)26/h1,4-5H,2-3,6-12H2,(H,20,23). The number of halogens is 1. The van der Waals surface area contributed by atoms with Crippen LogP contribution in [0.2, 0.25) is 0 Å². The molecule has 7 nitrogen and oxygen atoms in total. The van der Waals surface area contributed by atoms with Crippen LogP contribution in [0.4, 0.5) is 10.1 Å². The van der Waals surface area contributed by atoms with Gasteiger partial charge in [-0.05, 0) is 31.4 Å². The Bertz CT molecular complexity index is 898. The van der Waals surface area contributed by atoms with E-state index in [4.69, 9.17) is 0 Å². The van der Waals surface area contributed by atoms with Gasteiger partial charge in [0.15, 0.2) is 0 Å². The van der Waals surface area contributed by atoms with Crippen LogP contribution >= 0.6 is 0 Å². The van der Waals surface area contributed by atoms with E-state index < -0.39 is 21.8 Å². The van der Waals surface area contributed by atoms with E-state index in [0.717, 1.165) is 19.3 Å². The van der Waals surface area contributed by atoms with Crippen LogP contribution in [0.25, 0.3) is 0 Å². The lowest BCUT2D eigenvalue weighted by Crippen LogP contribution is -2.48. The number of carbonyl (C=O) groups excluding carboxylic acids is 2. The van der Waals surface area contributed by atoms with Crippen LogP contribution in [-0.4, -0.2) is 56.5 Å². The van der Waals surface area contributed by atoms with Crippen LogP contribution in [0.1, 0.15) is 31.2 Å². The maximum absolute atomic E-state index is 14.4. The van der Waals surface area contributed by atoms with Gasteiger partial charge in [-0.3, -0.25) is 9.59 Å². The third-order valence-corrected chi connectivity index (χ3v) is 7.83. The van der Waals surface area contributed by atoms with Crippen molar-refractivity contribution < 1.29 is 22.4 Å². The monoisotopic (exact) mass is 395 g/mol. The lowest BCUT2D eigenvalue weighted by molar-refractivity contribution is -0.137. The average Bonchev–Trinajstić information content (AvgIpc) is 3.12. The number of carbonyl (C=O) groups is 2. The molecule has 0 unspecified atom stereocenters. The highest BCUT2D eigenvalue weighted by Gasteiger charge is 2.50. The van der Waals surface area contributed by atoms with Gasteiger partial charge in [0, 0.05) is 37.2 Å². The van der Waals surface area contributed by atoms with Crippen molar-refractivity contribution in [3.05, 3.63) is 29.6 Å². The number of anilines is 1. The second-order valence-electron chi connectivity index (χ2n) is 7.48. The molecule has 2 aliphatic heterocycles. The summed E-state index contributed by atoms with van der Waals surface area (Å²) in [7, 11) is -3.23. The topological polar surface area (TPSA) is 86.8 Å². The summed E-state index contributed by atoms with van der Waals surface area (Å²) in [6.45, 7) is 0.971. The van der Waals surface area contributed by atoms with Crippen molar-refractivity contribution in [2.75, 3.05) is 36.8 Å². The molecule has 2 amide bonds. The molecule has 4 rings (SSSR count). The molecule has 1 N–H and O–H groups in total. The van der Waals surface area contributed by atoms with Gasteiger partial charge in [-0.15, -0.1) is 0 Å². The van der Waals surface area contributed by atoms with Gasteiger partial charge < -0.3 is 10.2 Å². The first-order chi connectivity index (χ1) is 12.8. The predicted molar refractivity (Wildman–Crippen MR) is 97.3 cm³/mol. The fourth-order valence-corrected chi connectivity index (χ4v) is 5.89. The Kier molecular flexibility index (Phi) is 4.46. The molecule has 0 aromatic heterocycles. The molecule has 1 aromatic carbocycles. The minimum Gasteiger partial charge on any atom is -0.346 e. The third kappa shape index (κ3) is 3.02. The minimum absolute atomic E-state index is 0.0682. The van der Waals surface area contributed by atoms with Gasteiger partial charge in [-0.25, -0.2) is 17.1 Å². The van der Waals surface area contributed by atoms with Crippen molar-refractivity contribution in [1.82, 2.24) is 9.62 Å². The number of hydrogen-bond acceptors (Lipinski definition) is 4. The van der Waals surface area contributed by atoms with E-state index in [1.54, 1.807) is 12.1 Å². The molecule has 146 valence electrons. The number of nitrogens with zero attached hydrogens (tertiary/aromatic N) is 2. The summed E-state index contributed by atoms with van der Waals surface area (Å²) in [6.07, 6.45) is 3.16. The molecule has 2 fully saturated rings. The van der Waals surface area contributed by atoms with E-state index in [-0.39, 0.29) is 30.1 Å². The molecule has 0 bridgehead atoms. The maximum Gasteiger partial charge on any atom is 0.316 e. The molecule has 1 saturated carbocycles. The zero-order chi connectivity index (χ0) is 19.2. The third-order valence-electron chi connectivity index (χ3n) is 5.87. The first-order valence-corrected chi connectivity index (χ1v) is 10.8. The summed E-state index contributed by atoms with van der Waals surface area (Å²) in [5.74, 6) is -1.73. The van der Waals surface area contributed by atoms with Crippen LogP contribution < -0.4 is 10.2 Å². The summed E-state index contributed by atoms with van der Waals surface area (Å²) >= 11 is 0. The summed E-state index contributed by atoms with van der Waals surface area (Å²) in [5.41, 5.74) is 0.637. The number of fused-ring (bicyclic) bond motifs is 2. The highest BCUT2D eigenvalue weighted by atomic mass is 32.2. The van der Waals surface area contributed by atoms with Crippen LogP contribution in [-0.2, 0) is 25.0 Å². The molecule has 0 radical (unpaired) electrons. The summed E-state index contributed by atoms with van der Waals surface area (Å²) in [6, 6.07) is 4.61. The van der Waals surface area contributed by atoms with Crippen molar-refractivity contribution in [3.8, 4) is 0 Å². The molecule has 1 saturated heterocycles. The number of benzene rings is 1. The first-order valence-electron chi connectivity index (χ1n) is 9.21. The van der Waals surface area contributed by atoms with Crippen molar-refractivity contribution in [2.45, 2.75) is 31.1 Å². The Hall–Kier alpha value is -2.00. The van der Waals surface area contributed by atoms with Gasteiger partial charge in [-0.2, -0.15) is 0 Å². The first kappa shape index (κ1) is 18.4. The van der Waals surface area contributed by atoms with Crippen LogP contribution in [0, 0.1) is 5.82 Å².